The highest BCUT2D eigenvalue weighted by Crippen LogP contribution is 2.27. The summed E-state index contributed by atoms with van der Waals surface area (Å²) in [6.45, 7) is 1.46. The first-order valence-electron chi connectivity index (χ1n) is 7.78. The lowest BCUT2D eigenvalue weighted by Gasteiger charge is -2.37. The molecule has 26 heavy (non-hydrogen) atoms. The van der Waals surface area contributed by atoms with Gasteiger partial charge in [0.25, 0.3) is 0 Å². The number of methoxy groups -OCH3 is 1. The van der Waals surface area contributed by atoms with Crippen molar-refractivity contribution in [1.29, 1.82) is 0 Å². The number of para-hydroxylation sites is 2. The summed E-state index contributed by atoms with van der Waals surface area (Å²) in [4.78, 5) is 11.5. The summed E-state index contributed by atoms with van der Waals surface area (Å²) < 4.78 is 42.2. The summed E-state index contributed by atoms with van der Waals surface area (Å²) in [5.74, 6) is -2.61. The average Bonchev–Trinajstić information content (AvgIpc) is 2.62. The molecule has 2 aromatic rings. The van der Waals surface area contributed by atoms with Crippen molar-refractivity contribution in [3.8, 4) is 11.5 Å². The molecule has 7 nitrogen and oxygen atoms in total. The Balaban J connectivity index is 2.37. The first-order chi connectivity index (χ1) is 12.3. The maximum absolute atomic E-state index is 12.6. The molecule has 140 valence electrons. The second kappa shape index (κ2) is 8.20. The van der Waals surface area contributed by atoms with E-state index in [4.69, 9.17) is 9.47 Å². The summed E-state index contributed by atoms with van der Waals surface area (Å²) in [5, 5.41) is 0. The minimum atomic E-state index is -4.06. The van der Waals surface area contributed by atoms with Crippen molar-refractivity contribution in [2.45, 2.75) is 12.8 Å². The van der Waals surface area contributed by atoms with Crippen molar-refractivity contribution >= 4 is 16.0 Å². The van der Waals surface area contributed by atoms with Gasteiger partial charge in [-0.3, -0.25) is 4.79 Å². The van der Waals surface area contributed by atoms with Crippen LogP contribution in [0.25, 0.3) is 0 Å². The first kappa shape index (κ1) is 19.7. The fourth-order valence-electron chi connectivity index (χ4n) is 2.12. The van der Waals surface area contributed by atoms with Crippen molar-refractivity contribution < 1.29 is 27.4 Å². The Hall–Kier alpha value is -2.58. The van der Waals surface area contributed by atoms with E-state index in [0.717, 1.165) is 11.4 Å². The van der Waals surface area contributed by atoms with Crippen molar-refractivity contribution in [3.63, 3.8) is 0 Å². The van der Waals surface area contributed by atoms with Crippen LogP contribution in [0.3, 0.4) is 0 Å². The molecule has 0 aliphatic carbocycles. The Morgan fingerprint density at radius 2 is 1.38 bits per heavy atom. The smallest absolute Gasteiger partial charge is 0.325 e. The number of hydrogen-bond acceptors (Lipinski definition) is 6. The third-order valence-corrected chi connectivity index (χ3v) is 5.38. The number of nitrogens with zero attached hydrogens (tertiary/aromatic N) is 1. The van der Waals surface area contributed by atoms with Gasteiger partial charge in [0.05, 0.1) is 7.11 Å². The van der Waals surface area contributed by atoms with Crippen LogP contribution in [-0.4, -0.2) is 44.5 Å². The van der Waals surface area contributed by atoms with E-state index in [1.807, 2.05) is 0 Å². The number of carbonyl (C=O) groups excluding carboxylic acids is 1. The van der Waals surface area contributed by atoms with Crippen LogP contribution in [0.1, 0.15) is 6.92 Å². The second-order valence-electron chi connectivity index (χ2n) is 5.53. The fourth-order valence-corrected chi connectivity index (χ4v) is 3.31. The maximum atomic E-state index is 12.6. The van der Waals surface area contributed by atoms with Gasteiger partial charge in [0.1, 0.15) is 11.5 Å². The van der Waals surface area contributed by atoms with Gasteiger partial charge in [-0.15, -0.1) is 4.31 Å². The first-order valence-corrected chi connectivity index (χ1v) is 9.39. The molecule has 0 fully saturated rings. The van der Waals surface area contributed by atoms with Gasteiger partial charge in [-0.25, -0.2) is 8.42 Å². The number of rotatable bonds is 8. The van der Waals surface area contributed by atoms with Gasteiger partial charge in [-0.1, -0.05) is 36.4 Å². The van der Waals surface area contributed by atoms with Crippen molar-refractivity contribution in [2.75, 3.05) is 19.9 Å². The van der Waals surface area contributed by atoms with Gasteiger partial charge in [-0.2, -0.15) is 0 Å². The molecule has 0 heterocycles. The van der Waals surface area contributed by atoms with Gasteiger partial charge < -0.3 is 14.2 Å². The fraction of sp³-hybridized carbons (Fsp3) is 0.278. The molecule has 8 heteroatoms. The largest absolute Gasteiger partial charge is 0.468 e. The van der Waals surface area contributed by atoms with Gasteiger partial charge in [0.2, 0.25) is 10.0 Å². The molecule has 2 aromatic carbocycles. The third kappa shape index (κ3) is 4.96. The van der Waals surface area contributed by atoms with E-state index in [-0.39, 0.29) is 0 Å². The van der Waals surface area contributed by atoms with Gasteiger partial charge >= 0.3 is 11.9 Å². The molecule has 0 amide bonds. The number of carbonyl (C=O) groups is 1. The maximum Gasteiger partial charge on any atom is 0.325 e. The van der Waals surface area contributed by atoms with Gasteiger partial charge in [0, 0.05) is 14.0 Å². The van der Waals surface area contributed by atoms with Crippen LogP contribution in [0, 0.1) is 0 Å². The van der Waals surface area contributed by atoms with Crippen LogP contribution in [0.15, 0.2) is 60.7 Å². The number of benzene rings is 2. The quantitative estimate of drug-likeness (QED) is 0.517. The molecule has 0 N–H and O–H groups in total. The lowest BCUT2D eigenvalue weighted by atomic mass is 10.3. The zero-order chi connectivity index (χ0) is 19.2. The van der Waals surface area contributed by atoms with E-state index >= 15 is 0 Å². The second-order valence-corrected chi connectivity index (χ2v) is 7.53. The molecule has 0 aromatic heterocycles. The SMILES string of the molecule is COC(=O)CS(=O)(=O)N(C)C(C)(Oc1ccccc1)Oc1ccccc1. The van der Waals surface area contributed by atoms with Gasteiger partial charge in [0.15, 0.2) is 5.75 Å². The topological polar surface area (TPSA) is 82.1 Å². The predicted molar refractivity (Wildman–Crippen MR) is 96.1 cm³/mol. The number of esters is 1. The lowest BCUT2D eigenvalue weighted by molar-refractivity contribution is -0.168. The highest BCUT2D eigenvalue weighted by atomic mass is 32.2. The Morgan fingerprint density at radius 3 is 1.77 bits per heavy atom. The van der Waals surface area contributed by atoms with E-state index < -0.39 is 27.7 Å². The highest BCUT2D eigenvalue weighted by Gasteiger charge is 2.43. The predicted octanol–water partition coefficient (Wildman–Crippen LogP) is 2.25. The van der Waals surface area contributed by atoms with Crippen molar-refractivity contribution in [2.24, 2.45) is 0 Å². The van der Waals surface area contributed by atoms with Crippen LogP contribution < -0.4 is 9.47 Å². The zero-order valence-corrected chi connectivity index (χ0v) is 15.6. The molecule has 0 aliphatic rings. The Morgan fingerprint density at radius 1 is 0.962 bits per heavy atom. The molecule has 0 atom stereocenters. The van der Waals surface area contributed by atoms with Crippen LogP contribution in [0.5, 0.6) is 11.5 Å². The Labute approximate surface area is 153 Å². The molecule has 0 unspecified atom stereocenters. The monoisotopic (exact) mass is 379 g/mol. The summed E-state index contributed by atoms with van der Waals surface area (Å²) in [7, 11) is -1.66. The summed E-state index contributed by atoms with van der Waals surface area (Å²) in [6.07, 6.45) is 0. The molecule has 0 aliphatic heterocycles. The molecule has 0 spiro atoms. The van der Waals surface area contributed by atoms with Crippen molar-refractivity contribution in [1.82, 2.24) is 4.31 Å². The highest BCUT2D eigenvalue weighted by molar-refractivity contribution is 7.89. The van der Waals surface area contributed by atoms with Crippen LogP contribution in [0.2, 0.25) is 0 Å². The average molecular weight is 379 g/mol. The molecule has 0 saturated heterocycles. The van der Waals surface area contributed by atoms with Crippen LogP contribution in [-0.2, 0) is 19.6 Å². The molecular weight excluding hydrogens is 358 g/mol. The van der Waals surface area contributed by atoms with E-state index in [9.17, 15) is 13.2 Å². The van der Waals surface area contributed by atoms with Gasteiger partial charge in [-0.05, 0) is 24.3 Å². The van der Waals surface area contributed by atoms with E-state index in [1.165, 1.54) is 14.0 Å². The molecule has 0 saturated carbocycles. The van der Waals surface area contributed by atoms with Crippen LogP contribution in [0.4, 0.5) is 0 Å². The Kier molecular flexibility index (Phi) is 6.23. The molecule has 2 rings (SSSR count). The third-order valence-electron chi connectivity index (χ3n) is 3.62. The minimum Gasteiger partial charge on any atom is -0.468 e. The normalized spacial score (nSPS) is 11.8. The molecule has 0 radical (unpaired) electrons. The Bertz CT molecular complexity index is 782. The molecule has 0 bridgehead atoms. The summed E-state index contributed by atoms with van der Waals surface area (Å²) in [6, 6.07) is 17.3. The van der Waals surface area contributed by atoms with E-state index in [0.29, 0.717) is 11.5 Å². The lowest BCUT2D eigenvalue weighted by Crippen LogP contribution is -2.56. The zero-order valence-electron chi connectivity index (χ0n) is 14.8. The van der Waals surface area contributed by atoms with E-state index in [1.54, 1.807) is 60.7 Å². The standard InChI is InChI=1S/C18H21NO6S/c1-18(24-15-10-6-4-7-11-15,25-16-12-8-5-9-13-16)19(2)26(21,22)14-17(20)23-3/h4-13H,14H2,1-3H3. The summed E-state index contributed by atoms with van der Waals surface area (Å²) in [5.41, 5.74) is 0. The number of sulfonamides is 1. The van der Waals surface area contributed by atoms with Crippen molar-refractivity contribution in [3.05, 3.63) is 60.7 Å². The van der Waals surface area contributed by atoms with E-state index in [2.05, 4.69) is 4.74 Å². The number of hydrogen-bond donors (Lipinski definition) is 0. The summed E-state index contributed by atoms with van der Waals surface area (Å²) >= 11 is 0. The van der Waals surface area contributed by atoms with Crippen LogP contribution >= 0.6 is 0 Å². The minimum absolute atomic E-state index is 0.408. The molecular formula is C18H21NO6S. The number of ether oxygens (including phenoxy) is 3.